The van der Waals surface area contributed by atoms with Crippen molar-refractivity contribution in [2.24, 2.45) is 0 Å². The number of carbonyl (C=O) groups is 1. The lowest BCUT2D eigenvalue weighted by Gasteiger charge is -2.07. The fourth-order valence-corrected chi connectivity index (χ4v) is 1.63. The molecule has 1 aromatic carbocycles. The summed E-state index contributed by atoms with van der Waals surface area (Å²) in [5, 5.41) is 13.2. The SMILES string of the molecule is O=C(Nc1cc([N+](=O)[O-])ccc1Cl)c1ccnc(F)c1. The Morgan fingerprint density at radius 2 is 2.10 bits per heavy atom. The number of aromatic nitrogens is 1. The third kappa shape index (κ3) is 3.07. The highest BCUT2D eigenvalue weighted by Crippen LogP contribution is 2.27. The fraction of sp³-hybridized carbons (Fsp3) is 0. The van der Waals surface area contributed by atoms with Crippen LogP contribution < -0.4 is 5.32 Å². The molecule has 0 unspecified atom stereocenters. The van der Waals surface area contributed by atoms with Crippen LogP contribution in [0.25, 0.3) is 0 Å². The minimum Gasteiger partial charge on any atom is -0.320 e. The summed E-state index contributed by atoms with van der Waals surface area (Å²) in [6.07, 6.45) is 1.14. The minimum atomic E-state index is -0.803. The highest BCUT2D eigenvalue weighted by atomic mass is 35.5. The van der Waals surface area contributed by atoms with E-state index < -0.39 is 16.8 Å². The van der Waals surface area contributed by atoms with Crippen LogP contribution in [-0.2, 0) is 0 Å². The summed E-state index contributed by atoms with van der Waals surface area (Å²) >= 11 is 5.84. The molecular weight excluding hydrogens is 289 g/mol. The molecule has 6 nitrogen and oxygen atoms in total. The zero-order valence-corrected chi connectivity index (χ0v) is 10.6. The molecular formula is C12H7ClFN3O3. The Balaban J connectivity index is 2.27. The van der Waals surface area contributed by atoms with E-state index in [-0.39, 0.29) is 22.0 Å². The minimum absolute atomic E-state index is 0.0278. The number of non-ortho nitro benzene ring substituents is 1. The molecule has 1 amide bonds. The van der Waals surface area contributed by atoms with Crippen LogP contribution in [0.4, 0.5) is 15.8 Å². The molecule has 0 atom stereocenters. The second kappa shape index (κ2) is 5.62. The number of amides is 1. The van der Waals surface area contributed by atoms with E-state index in [0.29, 0.717) is 0 Å². The second-order valence-corrected chi connectivity index (χ2v) is 4.15. The molecule has 0 spiro atoms. The predicted octanol–water partition coefficient (Wildman–Crippen LogP) is 3.03. The molecule has 0 saturated heterocycles. The molecule has 20 heavy (non-hydrogen) atoms. The average molecular weight is 296 g/mol. The Morgan fingerprint density at radius 1 is 1.35 bits per heavy atom. The number of rotatable bonds is 3. The van der Waals surface area contributed by atoms with Gasteiger partial charge in [-0.1, -0.05) is 11.6 Å². The summed E-state index contributed by atoms with van der Waals surface area (Å²) in [5.41, 5.74) is -0.117. The highest BCUT2D eigenvalue weighted by molar-refractivity contribution is 6.34. The van der Waals surface area contributed by atoms with Gasteiger partial charge >= 0.3 is 0 Å². The molecule has 0 saturated carbocycles. The number of hydrogen-bond acceptors (Lipinski definition) is 4. The van der Waals surface area contributed by atoms with Crippen molar-refractivity contribution in [3.63, 3.8) is 0 Å². The maximum atomic E-state index is 12.9. The molecule has 0 radical (unpaired) electrons. The maximum absolute atomic E-state index is 12.9. The molecule has 0 aliphatic carbocycles. The zero-order chi connectivity index (χ0) is 14.7. The van der Waals surface area contributed by atoms with E-state index >= 15 is 0 Å². The molecule has 2 aromatic rings. The van der Waals surface area contributed by atoms with Crippen LogP contribution in [0.5, 0.6) is 0 Å². The van der Waals surface area contributed by atoms with Crippen molar-refractivity contribution in [1.82, 2.24) is 4.98 Å². The first-order chi connectivity index (χ1) is 9.47. The third-order valence-electron chi connectivity index (χ3n) is 2.40. The van der Waals surface area contributed by atoms with E-state index in [9.17, 15) is 19.3 Å². The van der Waals surface area contributed by atoms with Gasteiger partial charge in [-0.2, -0.15) is 4.39 Å². The van der Waals surface area contributed by atoms with Crippen LogP contribution >= 0.6 is 11.6 Å². The summed E-state index contributed by atoms with van der Waals surface area (Å²) in [7, 11) is 0. The summed E-state index contributed by atoms with van der Waals surface area (Å²) in [5.74, 6) is -1.45. The molecule has 2 rings (SSSR count). The van der Waals surface area contributed by atoms with Gasteiger partial charge in [0, 0.05) is 30.0 Å². The van der Waals surface area contributed by atoms with Crippen molar-refractivity contribution in [1.29, 1.82) is 0 Å². The number of benzene rings is 1. The Labute approximate surface area is 117 Å². The van der Waals surface area contributed by atoms with Crippen LogP contribution in [0.3, 0.4) is 0 Å². The molecule has 1 aromatic heterocycles. The summed E-state index contributed by atoms with van der Waals surface area (Å²) in [6.45, 7) is 0. The average Bonchev–Trinajstić information content (AvgIpc) is 2.41. The van der Waals surface area contributed by atoms with Crippen molar-refractivity contribution < 1.29 is 14.1 Å². The Morgan fingerprint density at radius 3 is 2.75 bits per heavy atom. The zero-order valence-electron chi connectivity index (χ0n) is 9.84. The van der Waals surface area contributed by atoms with Gasteiger partial charge in [-0.25, -0.2) is 4.98 Å². The van der Waals surface area contributed by atoms with Crippen LogP contribution in [0.1, 0.15) is 10.4 Å². The van der Waals surface area contributed by atoms with Crippen molar-refractivity contribution in [3.05, 3.63) is 63.2 Å². The van der Waals surface area contributed by atoms with E-state index in [1.165, 1.54) is 18.2 Å². The third-order valence-corrected chi connectivity index (χ3v) is 2.73. The van der Waals surface area contributed by atoms with Crippen LogP contribution in [0, 0.1) is 16.1 Å². The van der Waals surface area contributed by atoms with Gasteiger partial charge in [0.25, 0.3) is 11.6 Å². The first kappa shape index (κ1) is 13.9. The second-order valence-electron chi connectivity index (χ2n) is 3.74. The van der Waals surface area contributed by atoms with E-state index in [1.54, 1.807) is 0 Å². The monoisotopic (exact) mass is 295 g/mol. The largest absolute Gasteiger partial charge is 0.320 e. The number of hydrogen-bond donors (Lipinski definition) is 1. The standard InChI is InChI=1S/C12H7ClFN3O3/c13-9-2-1-8(17(19)20)6-10(9)16-12(18)7-3-4-15-11(14)5-7/h1-6H,(H,16,18). The van der Waals surface area contributed by atoms with Gasteiger partial charge in [0.1, 0.15) is 0 Å². The number of anilines is 1. The van der Waals surface area contributed by atoms with Gasteiger partial charge in [-0.15, -0.1) is 0 Å². The molecule has 0 fully saturated rings. The molecule has 102 valence electrons. The van der Waals surface area contributed by atoms with Gasteiger partial charge < -0.3 is 5.32 Å². The van der Waals surface area contributed by atoms with Gasteiger partial charge in [0.2, 0.25) is 5.95 Å². The van der Waals surface area contributed by atoms with Crippen molar-refractivity contribution in [2.45, 2.75) is 0 Å². The molecule has 0 aliphatic heterocycles. The smallest absolute Gasteiger partial charge is 0.271 e. The van der Waals surface area contributed by atoms with E-state index in [2.05, 4.69) is 10.3 Å². The maximum Gasteiger partial charge on any atom is 0.271 e. The van der Waals surface area contributed by atoms with Crippen molar-refractivity contribution in [2.75, 3.05) is 5.32 Å². The summed E-state index contributed by atoms with van der Waals surface area (Å²) in [6, 6.07) is 5.88. The van der Waals surface area contributed by atoms with Crippen molar-refractivity contribution in [3.8, 4) is 0 Å². The summed E-state index contributed by atoms with van der Waals surface area (Å²) in [4.78, 5) is 25.2. The van der Waals surface area contributed by atoms with E-state index in [4.69, 9.17) is 11.6 Å². The normalized spacial score (nSPS) is 10.1. The van der Waals surface area contributed by atoms with Gasteiger partial charge in [0.05, 0.1) is 15.6 Å². The van der Waals surface area contributed by atoms with E-state index in [1.807, 2.05) is 0 Å². The predicted molar refractivity (Wildman–Crippen MR) is 70.3 cm³/mol. The fourth-order valence-electron chi connectivity index (χ4n) is 1.46. The van der Waals surface area contributed by atoms with Crippen LogP contribution in [0.2, 0.25) is 5.02 Å². The first-order valence-electron chi connectivity index (χ1n) is 5.34. The molecule has 0 aliphatic rings. The molecule has 1 N–H and O–H groups in total. The lowest BCUT2D eigenvalue weighted by atomic mass is 10.2. The Bertz CT molecular complexity index is 693. The van der Waals surface area contributed by atoms with Gasteiger partial charge in [-0.05, 0) is 12.1 Å². The van der Waals surface area contributed by atoms with Gasteiger partial charge in [0.15, 0.2) is 0 Å². The molecule has 8 heteroatoms. The summed E-state index contributed by atoms with van der Waals surface area (Å²) < 4.78 is 12.9. The van der Waals surface area contributed by atoms with Crippen LogP contribution in [-0.4, -0.2) is 15.8 Å². The lowest BCUT2D eigenvalue weighted by Crippen LogP contribution is -2.12. The quantitative estimate of drug-likeness (QED) is 0.536. The van der Waals surface area contributed by atoms with E-state index in [0.717, 1.165) is 18.3 Å². The first-order valence-corrected chi connectivity index (χ1v) is 5.72. The number of carbonyl (C=O) groups excluding carboxylic acids is 1. The Kier molecular flexibility index (Phi) is 3.90. The van der Waals surface area contributed by atoms with Gasteiger partial charge in [-0.3, -0.25) is 14.9 Å². The molecule has 1 heterocycles. The number of nitro benzene ring substituents is 1. The number of nitrogens with zero attached hydrogens (tertiary/aromatic N) is 2. The Hall–Kier alpha value is -2.54. The number of pyridine rings is 1. The highest BCUT2D eigenvalue weighted by Gasteiger charge is 2.13. The number of nitrogens with one attached hydrogen (secondary N) is 1. The van der Waals surface area contributed by atoms with Crippen LogP contribution in [0.15, 0.2) is 36.5 Å². The topological polar surface area (TPSA) is 85.1 Å². The van der Waals surface area contributed by atoms with Crippen molar-refractivity contribution >= 4 is 28.9 Å². The number of halogens is 2. The molecule has 0 bridgehead atoms. The lowest BCUT2D eigenvalue weighted by molar-refractivity contribution is -0.384. The number of nitro groups is 1.